The Balaban J connectivity index is 1.96. The molecule has 0 radical (unpaired) electrons. The van der Waals surface area contributed by atoms with Crippen molar-refractivity contribution in [2.24, 2.45) is 5.92 Å². The topological polar surface area (TPSA) is 63.2 Å². The molecule has 0 aromatic carbocycles. The molecular formula is C12H17N3O2. The summed E-state index contributed by atoms with van der Waals surface area (Å²) >= 11 is 0. The standard InChI is InChI=1S/C12H17N3O2/c1-2-17-10-4-3-5-14-11(10)12(16)15-8-9-6-13-7-9/h3-5,9,13H,2,6-8H2,1H3,(H,15,16). The minimum absolute atomic E-state index is 0.166. The fourth-order valence-corrected chi connectivity index (χ4v) is 1.65. The number of aromatic nitrogens is 1. The first-order valence-corrected chi connectivity index (χ1v) is 5.88. The van der Waals surface area contributed by atoms with Crippen molar-refractivity contribution in [1.82, 2.24) is 15.6 Å². The summed E-state index contributed by atoms with van der Waals surface area (Å²) in [6.45, 7) is 5.04. The van der Waals surface area contributed by atoms with Gasteiger partial charge >= 0.3 is 0 Å². The second kappa shape index (κ2) is 5.63. The molecule has 0 unspecified atom stereocenters. The smallest absolute Gasteiger partial charge is 0.273 e. The van der Waals surface area contributed by atoms with Gasteiger partial charge < -0.3 is 15.4 Å². The zero-order valence-corrected chi connectivity index (χ0v) is 9.90. The number of hydrogen-bond acceptors (Lipinski definition) is 4. The summed E-state index contributed by atoms with van der Waals surface area (Å²) in [4.78, 5) is 16.0. The van der Waals surface area contributed by atoms with Gasteiger partial charge in [0.2, 0.25) is 0 Å². The van der Waals surface area contributed by atoms with Crippen LogP contribution in [0.15, 0.2) is 18.3 Å². The first-order chi connectivity index (χ1) is 8.31. The molecule has 0 atom stereocenters. The van der Waals surface area contributed by atoms with Crippen molar-refractivity contribution >= 4 is 5.91 Å². The van der Waals surface area contributed by atoms with Crippen molar-refractivity contribution in [3.05, 3.63) is 24.0 Å². The number of ether oxygens (including phenoxy) is 1. The van der Waals surface area contributed by atoms with E-state index in [1.54, 1.807) is 18.3 Å². The zero-order chi connectivity index (χ0) is 12.1. The van der Waals surface area contributed by atoms with E-state index in [9.17, 15) is 4.79 Å². The van der Waals surface area contributed by atoms with Crippen LogP contribution in [0.25, 0.3) is 0 Å². The van der Waals surface area contributed by atoms with Crippen molar-refractivity contribution in [3.8, 4) is 5.75 Å². The van der Waals surface area contributed by atoms with Gasteiger partial charge in [-0.05, 0) is 19.1 Å². The van der Waals surface area contributed by atoms with E-state index in [0.29, 0.717) is 30.5 Å². The van der Waals surface area contributed by atoms with Gasteiger partial charge in [0.1, 0.15) is 0 Å². The van der Waals surface area contributed by atoms with Crippen molar-refractivity contribution < 1.29 is 9.53 Å². The summed E-state index contributed by atoms with van der Waals surface area (Å²) in [6, 6.07) is 3.52. The van der Waals surface area contributed by atoms with Gasteiger partial charge in [0.05, 0.1) is 6.61 Å². The molecule has 1 saturated heterocycles. The molecule has 5 heteroatoms. The third kappa shape index (κ3) is 2.94. The van der Waals surface area contributed by atoms with Crippen LogP contribution in [-0.2, 0) is 0 Å². The molecular weight excluding hydrogens is 218 g/mol. The van der Waals surface area contributed by atoms with Gasteiger partial charge in [0, 0.05) is 31.7 Å². The lowest BCUT2D eigenvalue weighted by Gasteiger charge is -2.27. The van der Waals surface area contributed by atoms with Crippen molar-refractivity contribution in [2.75, 3.05) is 26.2 Å². The van der Waals surface area contributed by atoms with Crippen molar-refractivity contribution in [1.29, 1.82) is 0 Å². The van der Waals surface area contributed by atoms with E-state index in [0.717, 1.165) is 13.1 Å². The second-order valence-corrected chi connectivity index (χ2v) is 4.02. The number of nitrogens with one attached hydrogen (secondary N) is 2. The number of pyridine rings is 1. The molecule has 0 saturated carbocycles. The first kappa shape index (κ1) is 11.9. The SMILES string of the molecule is CCOc1cccnc1C(=O)NCC1CNC1. The van der Waals surface area contributed by atoms with Gasteiger partial charge in [-0.1, -0.05) is 0 Å². The summed E-state index contributed by atoms with van der Waals surface area (Å²) < 4.78 is 5.37. The molecule has 1 fully saturated rings. The normalized spacial score (nSPS) is 15.1. The fraction of sp³-hybridized carbons (Fsp3) is 0.500. The Morgan fingerprint density at radius 3 is 3.12 bits per heavy atom. The highest BCUT2D eigenvalue weighted by atomic mass is 16.5. The van der Waals surface area contributed by atoms with Crippen LogP contribution in [-0.4, -0.2) is 37.1 Å². The monoisotopic (exact) mass is 235 g/mol. The van der Waals surface area contributed by atoms with Gasteiger partial charge in [-0.15, -0.1) is 0 Å². The summed E-state index contributed by atoms with van der Waals surface area (Å²) in [7, 11) is 0. The summed E-state index contributed by atoms with van der Waals surface area (Å²) in [5.74, 6) is 0.915. The number of carbonyl (C=O) groups excluding carboxylic acids is 1. The maximum absolute atomic E-state index is 11.9. The van der Waals surface area contributed by atoms with E-state index < -0.39 is 0 Å². The van der Waals surface area contributed by atoms with Crippen LogP contribution in [0.2, 0.25) is 0 Å². The van der Waals surface area contributed by atoms with Crippen molar-refractivity contribution in [3.63, 3.8) is 0 Å². The third-order valence-corrected chi connectivity index (χ3v) is 2.70. The van der Waals surface area contributed by atoms with Gasteiger partial charge in [-0.2, -0.15) is 0 Å². The van der Waals surface area contributed by atoms with Crippen LogP contribution in [0, 0.1) is 5.92 Å². The van der Waals surface area contributed by atoms with Gasteiger partial charge in [0.25, 0.3) is 5.91 Å². The van der Waals surface area contributed by atoms with E-state index in [4.69, 9.17) is 4.74 Å². The first-order valence-electron chi connectivity index (χ1n) is 5.88. The Kier molecular flexibility index (Phi) is 3.93. The van der Waals surface area contributed by atoms with Crippen LogP contribution in [0.4, 0.5) is 0 Å². The Bertz CT molecular complexity index is 391. The summed E-state index contributed by atoms with van der Waals surface area (Å²) in [5, 5.41) is 6.04. The highest BCUT2D eigenvalue weighted by Crippen LogP contribution is 2.15. The lowest BCUT2D eigenvalue weighted by atomic mass is 10.0. The molecule has 5 nitrogen and oxygen atoms in total. The van der Waals surface area contributed by atoms with E-state index in [-0.39, 0.29) is 5.91 Å². The predicted molar refractivity (Wildman–Crippen MR) is 64.1 cm³/mol. The Hall–Kier alpha value is -1.62. The molecule has 1 aliphatic rings. The van der Waals surface area contributed by atoms with E-state index in [2.05, 4.69) is 15.6 Å². The maximum Gasteiger partial charge on any atom is 0.273 e. The summed E-state index contributed by atoms with van der Waals surface area (Å²) in [6.07, 6.45) is 1.60. The number of nitrogens with zero attached hydrogens (tertiary/aromatic N) is 1. The Labute approximate surface area is 101 Å². The molecule has 2 rings (SSSR count). The number of rotatable bonds is 5. The largest absolute Gasteiger partial charge is 0.491 e. The van der Waals surface area contributed by atoms with E-state index >= 15 is 0 Å². The Morgan fingerprint density at radius 2 is 2.47 bits per heavy atom. The molecule has 1 aromatic heterocycles. The van der Waals surface area contributed by atoms with Crippen LogP contribution in [0.3, 0.4) is 0 Å². The van der Waals surface area contributed by atoms with Crippen LogP contribution < -0.4 is 15.4 Å². The zero-order valence-electron chi connectivity index (χ0n) is 9.90. The molecule has 1 amide bonds. The second-order valence-electron chi connectivity index (χ2n) is 4.02. The lowest BCUT2D eigenvalue weighted by Crippen LogP contribution is -2.48. The third-order valence-electron chi connectivity index (χ3n) is 2.70. The van der Waals surface area contributed by atoms with Gasteiger partial charge in [-0.3, -0.25) is 4.79 Å². The minimum Gasteiger partial charge on any atom is -0.491 e. The molecule has 0 spiro atoms. The fourth-order valence-electron chi connectivity index (χ4n) is 1.65. The molecule has 2 N–H and O–H groups in total. The van der Waals surface area contributed by atoms with Crippen molar-refractivity contribution in [2.45, 2.75) is 6.92 Å². The molecule has 92 valence electrons. The van der Waals surface area contributed by atoms with Gasteiger partial charge in [0.15, 0.2) is 11.4 Å². The van der Waals surface area contributed by atoms with E-state index in [1.807, 2.05) is 6.92 Å². The molecule has 1 aliphatic heterocycles. The summed E-state index contributed by atoms with van der Waals surface area (Å²) in [5.41, 5.74) is 0.363. The average Bonchev–Trinajstić information content (AvgIpc) is 2.28. The number of hydrogen-bond donors (Lipinski definition) is 2. The molecule has 0 bridgehead atoms. The van der Waals surface area contributed by atoms with Gasteiger partial charge in [-0.25, -0.2) is 4.98 Å². The quantitative estimate of drug-likeness (QED) is 0.777. The lowest BCUT2D eigenvalue weighted by molar-refractivity contribution is 0.0933. The van der Waals surface area contributed by atoms with E-state index in [1.165, 1.54) is 0 Å². The highest BCUT2D eigenvalue weighted by Gasteiger charge is 2.19. The molecule has 1 aromatic rings. The molecule has 2 heterocycles. The Morgan fingerprint density at radius 1 is 1.65 bits per heavy atom. The van der Waals surface area contributed by atoms with Crippen LogP contribution in [0.5, 0.6) is 5.75 Å². The highest BCUT2D eigenvalue weighted by molar-refractivity contribution is 5.94. The molecule has 17 heavy (non-hydrogen) atoms. The number of carbonyl (C=O) groups is 1. The predicted octanol–water partition coefficient (Wildman–Crippen LogP) is 0.429. The average molecular weight is 235 g/mol. The molecule has 0 aliphatic carbocycles. The number of amides is 1. The minimum atomic E-state index is -0.166. The van der Waals surface area contributed by atoms with Crippen LogP contribution in [0.1, 0.15) is 17.4 Å². The van der Waals surface area contributed by atoms with Crippen LogP contribution >= 0.6 is 0 Å². The maximum atomic E-state index is 11.9.